The fourth-order valence-corrected chi connectivity index (χ4v) is 3.27. The number of amides is 1. The summed E-state index contributed by atoms with van der Waals surface area (Å²) in [6.45, 7) is 8.93. The van der Waals surface area contributed by atoms with E-state index >= 15 is 0 Å². The van der Waals surface area contributed by atoms with Crippen molar-refractivity contribution in [3.05, 3.63) is 0 Å². The van der Waals surface area contributed by atoms with Crippen LogP contribution in [0.15, 0.2) is 0 Å². The Bertz CT molecular complexity index is 359. The molecule has 2 rings (SSSR count). The molecule has 0 unspecified atom stereocenters. The second kappa shape index (κ2) is 3.47. The summed E-state index contributed by atoms with van der Waals surface area (Å²) in [5.74, 6) is -0.869. The summed E-state index contributed by atoms with van der Waals surface area (Å²) >= 11 is 0. The molecule has 4 heteroatoms. The molecule has 1 aliphatic heterocycles. The van der Waals surface area contributed by atoms with Gasteiger partial charge in [0.05, 0.1) is 0 Å². The topological polar surface area (TPSA) is 57.6 Å². The Morgan fingerprint density at radius 3 is 2.12 bits per heavy atom. The van der Waals surface area contributed by atoms with Crippen molar-refractivity contribution >= 4 is 11.9 Å². The number of nitrogens with zero attached hydrogens (tertiary/aromatic N) is 1. The van der Waals surface area contributed by atoms with Gasteiger partial charge in [0, 0.05) is 12.5 Å². The minimum atomic E-state index is -0.868. The maximum absolute atomic E-state index is 12.4. The van der Waals surface area contributed by atoms with Crippen molar-refractivity contribution in [3.63, 3.8) is 0 Å². The van der Waals surface area contributed by atoms with Gasteiger partial charge in [-0.1, -0.05) is 27.7 Å². The van der Waals surface area contributed by atoms with Gasteiger partial charge in [-0.15, -0.1) is 0 Å². The number of carboxylic acids is 1. The van der Waals surface area contributed by atoms with E-state index in [-0.39, 0.29) is 22.7 Å². The van der Waals surface area contributed by atoms with Crippen LogP contribution in [0, 0.1) is 16.7 Å². The number of rotatable bonds is 2. The molecule has 0 aromatic carbocycles. The molecule has 2 aliphatic rings. The van der Waals surface area contributed by atoms with Crippen molar-refractivity contribution in [2.45, 2.75) is 46.6 Å². The van der Waals surface area contributed by atoms with Gasteiger partial charge in [0.15, 0.2) is 0 Å². The molecule has 0 spiro atoms. The summed E-state index contributed by atoms with van der Waals surface area (Å²) < 4.78 is 0. The summed E-state index contributed by atoms with van der Waals surface area (Å²) in [5.41, 5.74) is -0.0363. The highest BCUT2D eigenvalue weighted by Gasteiger charge is 2.69. The lowest BCUT2D eigenvalue weighted by Crippen LogP contribution is -2.42. The highest BCUT2D eigenvalue weighted by molar-refractivity contribution is 5.89. The van der Waals surface area contributed by atoms with E-state index in [1.807, 2.05) is 0 Å². The average molecular weight is 239 g/mol. The zero-order chi connectivity index (χ0) is 13.0. The van der Waals surface area contributed by atoms with E-state index in [9.17, 15) is 9.59 Å². The third-order valence-electron chi connectivity index (χ3n) is 5.09. The molecule has 1 saturated heterocycles. The summed E-state index contributed by atoms with van der Waals surface area (Å²) in [6.07, 6.45) is 1.39. The van der Waals surface area contributed by atoms with Gasteiger partial charge >= 0.3 is 5.97 Å². The second-order valence-corrected chi connectivity index (χ2v) is 6.40. The number of carboxylic acid groups (broad SMARTS) is 1. The van der Waals surface area contributed by atoms with Crippen molar-refractivity contribution in [1.29, 1.82) is 0 Å². The highest BCUT2D eigenvalue weighted by Crippen LogP contribution is 2.69. The number of carbonyl (C=O) groups is 2. The Balaban J connectivity index is 2.15. The van der Waals surface area contributed by atoms with Gasteiger partial charge < -0.3 is 10.0 Å². The lowest BCUT2D eigenvalue weighted by atomic mass is 10.0. The Kier molecular flexibility index (Phi) is 2.53. The molecule has 1 amide bonds. The van der Waals surface area contributed by atoms with Crippen LogP contribution in [0.4, 0.5) is 0 Å². The Labute approximate surface area is 102 Å². The van der Waals surface area contributed by atoms with Gasteiger partial charge in [0.1, 0.15) is 6.04 Å². The quantitative estimate of drug-likeness (QED) is 0.798. The molecule has 0 aromatic rings. The number of likely N-dealkylation sites (tertiary alicyclic amines) is 1. The maximum Gasteiger partial charge on any atom is 0.326 e. The molecule has 1 N–H and O–H groups in total. The van der Waals surface area contributed by atoms with Crippen LogP contribution in [-0.2, 0) is 9.59 Å². The fourth-order valence-electron chi connectivity index (χ4n) is 3.27. The van der Waals surface area contributed by atoms with Crippen LogP contribution in [0.1, 0.15) is 40.5 Å². The van der Waals surface area contributed by atoms with Crippen LogP contribution in [0.5, 0.6) is 0 Å². The minimum absolute atomic E-state index is 0.0181. The van der Waals surface area contributed by atoms with E-state index in [1.165, 1.54) is 0 Å². The van der Waals surface area contributed by atoms with Crippen LogP contribution in [-0.4, -0.2) is 34.5 Å². The van der Waals surface area contributed by atoms with E-state index in [0.29, 0.717) is 13.0 Å². The second-order valence-electron chi connectivity index (χ2n) is 6.40. The molecule has 0 radical (unpaired) electrons. The smallest absolute Gasteiger partial charge is 0.326 e. The largest absolute Gasteiger partial charge is 0.480 e. The Hall–Kier alpha value is -1.06. The van der Waals surface area contributed by atoms with Gasteiger partial charge in [0.25, 0.3) is 0 Å². The van der Waals surface area contributed by atoms with Crippen LogP contribution in [0.2, 0.25) is 0 Å². The molecule has 1 aliphatic carbocycles. The van der Waals surface area contributed by atoms with Crippen LogP contribution in [0.3, 0.4) is 0 Å². The number of aliphatic carboxylic acids is 1. The first kappa shape index (κ1) is 12.4. The third kappa shape index (κ3) is 1.57. The lowest BCUT2D eigenvalue weighted by molar-refractivity contribution is -0.149. The van der Waals surface area contributed by atoms with Gasteiger partial charge in [-0.3, -0.25) is 4.79 Å². The molecule has 1 heterocycles. The predicted molar refractivity (Wildman–Crippen MR) is 63.4 cm³/mol. The summed E-state index contributed by atoms with van der Waals surface area (Å²) in [6, 6.07) is -0.602. The fraction of sp³-hybridized carbons (Fsp3) is 0.846. The average Bonchev–Trinajstić information content (AvgIpc) is 2.55. The summed E-state index contributed by atoms with van der Waals surface area (Å²) in [5, 5.41) is 9.10. The lowest BCUT2D eigenvalue weighted by Gasteiger charge is -2.22. The number of hydrogen-bond donors (Lipinski definition) is 1. The SMILES string of the molecule is CC1(C)C(C(=O)N2CCC[C@@H]2C(=O)O)C1(C)C. The van der Waals surface area contributed by atoms with Crippen LogP contribution in [0.25, 0.3) is 0 Å². The van der Waals surface area contributed by atoms with E-state index in [1.54, 1.807) is 4.90 Å². The molecule has 0 bridgehead atoms. The van der Waals surface area contributed by atoms with Gasteiger partial charge in [0.2, 0.25) is 5.91 Å². The normalized spacial score (nSPS) is 30.4. The van der Waals surface area contributed by atoms with E-state index in [2.05, 4.69) is 27.7 Å². The van der Waals surface area contributed by atoms with Crippen LogP contribution < -0.4 is 0 Å². The molecule has 0 aromatic heterocycles. The number of carbonyl (C=O) groups excluding carboxylic acids is 1. The monoisotopic (exact) mass is 239 g/mol. The number of hydrogen-bond acceptors (Lipinski definition) is 2. The molecule has 1 atom stereocenters. The summed E-state index contributed by atoms with van der Waals surface area (Å²) in [4.78, 5) is 25.1. The Morgan fingerprint density at radius 1 is 1.18 bits per heavy atom. The van der Waals surface area contributed by atoms with Gasteiger partial charge in [-0.25, -0.2) is 4.79 Å². The van der Waals surface area contributed by atoms with Gasteiger partial charge in [-0.05, 0) is 23.7 Å². The third-order valence-corrected chi connectivity index (χ3v) is 5.09. The summed E-state index contributed by atoms with van der Waals surface area (Å²) in [7, 11) is 0. The van der Waals surface area contributed by atoms with E-state index < -0.39 is 12.0 Å². The van der Waals surface area contributed by atoms with Crippen molar-refractivity contribution in [2.24, 2.45) is 16.7 Å². The van der Waals surface area contributed by atoms with Crippen molar-refractivity contribution in [2.75, 3.05) is 6.54 Å². The highest BCUT2D eigenvalue weighted by atomic mass is 16.4. The molecule has 96 valence electrons. The zero-order valence-corrected chi connectivity index (χ0v) is 11.0. The predicted octanol–water partition coefficient (Wildman–Crippen LogP) is 1.74. The first-order valence-corrected chi connectivity index (χ1v) is 6.24. The van der Waals surface area contributed by atoms with Crippen molar-refractivity contribution in [3.8, 4) is 0 Å². The molecule has 4 nitrogen and oxygen atoms in total. The molecule has 2 fully saturated rings. The molecular formula is C13H21NO3. The van der Waals surface area contributed by atoms with Gasteiger partial charge in [-0.2, -0.15) is 0 Å². The first-order valence-electron chi connectivity index (χ1n) is 6.24. The molecular weight excluding hydrogens is 218 g/mol. The zero-order valence-electron chi connectivity index (χ0n) is 11.0. The van der Waals surface area contributed by atoms with Crippen molar-refractivity contribution in [1.82, 2.24) is 4.90 Å². The Morgan fingerprint density at radius 2 is 1.71 bits per heavy atom. The van der Waals surface area contributed by atoms with E-state index in [4.69, 9.17) is 5.11 Å². The molecule has 17 heavy (non-hydrogen) atoms. The minimum Gasteiger partial charge on any atom is -0.480 e. The van der Waals surface area contributed by atoms with Crippen LogP contribution >= 0.6 is 0 Å². The molecule has 1 saturated carbocycles. The first-order chi connectivity index (χ1) is 7.71. The van der Waals surface area contributed by atoms with E-state index in [0.717, 1.165) is 6.42 Å². The van der Waals surface area contributed by atoms with Crippen molar-refractivity contribution < 1.29 is 14.7 Å². The maximum atomic E-state index is 12.4. The standard InChI is InChI=1S/C13H21NO3/c1-12(2)9(13(12,3)4)10(15)14-7-5-6-8(14)11(16)17/h8-9H,5-7H2,1-4H3,(H,16,17)/t8-/m1/s1.